The average Bonchev–Trinajstić information content (AvgIpc) is 3.43. The van der Waals surface area contributed by atoms with Gasteiger partial charge in [-0.3, -0.25) is 15.6 Å². The largest absolute Gasteiger partial charge is 0.491 e. The van der Waals surface area contributed by atoms with E-state index in [1.54, 1.807) is 24.3 Å². The van der Waals surface area contributed by atoms with E-state index in [-0.39, 0.29) is 35.9 Å². The van der Waals surface area contributed by atoms with Crippen LogP contribution in [0.3, 0.4) is 0 Å². The van der Waals surface area contributed by atoms with Gasteiger partial charge in [0.1, 0.15) is 29.9 Å². The van der Waals surface area contributed by atoms with E-state index >= 15 is 0 Å². The van der Waals surface area contributed by atoms with E-state index in [0.717, 1.165) is 18.4 Å². The second kappa shape index (κ2) is 10.7. The first-order valence-corrected chi connectivity index (χ1v) is 11.1. The van der Waals surface area contributed by atoms with Gasteiger partial charge in [-0.15, -0.1) is 0 Å². The Labute approximate surface area is 199 Å². The lowest BCUT2D eigenvalue weighted by Crippen LogP contribution is -2.48. The number of nitrogens with one attached hydrogen (secondary N) is 3. The Morgan fingerprint density at radius 2 is 2.12 bits per heavy atom. The molecule has 2 aromatic carbocycles. The lowest BCUT2D eigenvalue weighted by Gasteiger charge is -2.20. The minimum atomic E-state index is -0.794. The first-order chi connectivity index (χ1) is 15.9. The predicted octanol–water partition coefficient (Wildman–Crippen LogP) is 3.13. The summed E-state index contributed by atoms with van der Waals surface area (Å²) in [6.07, 6.45) is -0.00307. The highest BCUT2D eigenvalue weighted by atomic mass is 35.5. The Morgan fingerprint density at radius 1 is 1.27 bits per heavy atom. The van der Waals surface area contributed by atoms with E-state index in [4.69, 9.17) is 32.4 Å². The van der Waals surface area contributed by atoms with Crippen LogP contribution in [0.5, 0.6) is 5.75 Å². The van der Waals surface area contributed by atoms with Crippen molar-refractivity contribution in [2.45, 2.75) is 18.6 Å². The predicted molar refractivity (Wildman–Crippen MR) is 123 cm³/mol. The smallest absolute Gasteiger partial charge is 0.301 e. The van der Waals surface area contributed by atoms with E-state index < -0.39 is 11.9 Å². The number of carbonyl (C=O) groups is 1. The summed E-state index contributed by atoms with van der Waals surface area (Å²) in [5.74, 6) is -0.463. The molecule has 1 aliphatic rings. The third-order valence-electron chi connectivity index (χ3n) is 5.16. The fraction of sp³-hybridized carbons (Fsp3) is 0.318. The van der Waals surface area contributed by atoms with E-state index in [2.05, 4.69) is 16.3 Å². The van der Waals surface area contributed by atoms with Crippen LogP contribution in [0.25, 0.3) is 11.0 Å². The second-order valence-corrected chi connectivity index (χ2v) is 8.57. The Morgan fingerprint density at radius 3 is 2.94 bits per heavy atom. The van der Waals surface area contributed by atoms with Crippen LogP contribution < -0.4 is 21.0 Å². The number of amides is 1. The van der Waals surface area contributed by atoms with Crippen LogP contribution in [0, 0.1) is 5.82 Å². The second-order valence-electron chi connectivity index (χ2n) is 7.73. The molecule has 1 fully saturated rings. The van der Waals surface area contributed by atoms with Crippen molar-refractivity contribution in [3.8, 4) is 5.75 Å². The number of carbonyl (C=O) groups excluding carboxylic acids is 1. The van der Waals surface area contributed by atoms with Crippen molar-refractivity contribution in [2.24, 2.45) is 0 Å². The van der Waals surface area contributed by atoms with Crippen molar-refractivity contribution < 1.29 is 23.4 Å². The number of hydrogen-bond donors (Lipinski definition) is 4. The molecule has 4 N–H and O–H groups in total. The minimum absolute atomic E-state index is 0.00234. The summed E-state index contributed by atoms with van der Waals surface area (Å²) in [5, 5.41) is 13.4. The molecule has 1 aliphatic heterocycles. The van der Waals surface area contributed by atoms with Crippen molar-refractivity contribution in [3.63, 3.8) is 0 Å². The first kappa shape index (κ1) is 23.7. The lowest BCUT2D eigenvalue weighted by atomic mass is 10.2. The Bertz CT molecular complexity index is 1130. The summed E-state index contributed by atoms with van der Waals surface area (Å²) in [5.41, 5.74) is 9.40. The van der Waals surface area contributed by atoms with Crippen molar-refractivity contribution in [1.82, 2.24) is 21.3 Å². The van der Waals surface area contributed by atoms with Crippen LogP contribution in [0.4, 0.5) is 4.39 Å². The number of aliphatic hydroxyl groups is 1. The summed E-state index contributed by atoms with van der Waals surface area (Å²) in [6, 6.07) is 10.9. The summed E-state index contributed by atoms with van der Waals surface area (Å²) >= 11 is 11.6. The number of rotatable bonds is 9. The number of hydrazine groups is 2. The zero-order valence-electron chi connectivity index (χ0n) is 17.5. The standard InChI is InChI=1S/C22H23Cl2FN4O4/c23-14-1-4-20-13(7-14)8-21(33-20)22(31)28-27-15-5-6-29(11-15)26-10-16(30)12-32-17-2-3-18(24)19(25)9-17/h1-4,7-9,15-16,26-27,30H,5-6,10-12H2,(H,28,31). The average molecular weight is 497 g/mol. The minimum Gasteiger partial charge on any atom is -0.491 e. The molecule has 176 valence electrons. The van der Waals surface area contributed by atoms with Crippen LogP contribution in [0.1, 0.15) is 17.0 Å². The molecule has 4 rings (SSSR count). The van der Waals surface area contributed by atoms with Crippen molar-refractivity contribution in [1.29, 1.82) is 0 Å². The number of ether oxygens (including phenoxy) is 1. The van der Waals surface area contributed by atoms with Crippen molar-refractivity contribution >= 4 is 40.1 Å². The van der Waals surface area contributed by atoms with Gasteiger partial charge in [-0.05, 0) is 42.8 Å². The maximum Gasteiger partial charge on any atom is 0.301 e. The van der Waals surface area contributed by atoms with Gasteiger partial charge in [-0.1, -0.05) is 23.2 Å². The van der Waals surface area contributed by atoms with E-state index in [0.29, 0.717) is 22.9 Å². The SMILES string of the molecule is O=C(NNC1CCN(NCC(O)COc2ccc(Cl)c(F)c2)C1)c1cc2cc(Cl)ccc2o1. The molecule has 8 nitrogen and oxygen atoms in total. The topological polar surface area (TPSA) is 99.0 Å². The van der Waals surface area contributed by atoms with E-state index in [9.17, 15) is 14.3 Å². The highest BCUT2D eigenvalue weighted by Gasteiger charge is 2.24. The van der Waals surface area contributed by atoms with Crippen LogP contribution in [-0.4, -0.2) is 54.4 Å². The lowest BCUT2D eigenvalue weighted by molar-refractivity contribution is 0.0811. The van der Waals surface area contributed by atoms with Gasteiger partial charge in [0.15, 0.2) is 5.76 Å². The Hall–Kier alpha value is -2.40. The van der Waals surface area contributed by atoms with Gasteiger partial charge in [-0.2, -0.15) is 0 Å². The molecule has 11 heteroatoms. The molecular weight excluding hydrogens is 474 g/mol. The van der Waals surface area contributed by atoms with Gasteiger partial charge < -0.3 is 14.3 Å². The van der Waals surface area contributed by atoms with Gasteiger partial charge in [0.25, 0.3) is 0 Å². The fourth-order valence-corrected chi connectivity index (χ4v) is 3.73. The number of halogens is 3. The molecule has 0 spiro atoms. The summed E-state index contributed by atoms with van der Waals surface area (Å²) in [7, 11) is 0. The first-order valence-electron chi connectivity index (χ1n) is 10.4. The number of nitrogens with zero attached hydrogens (tertiary/aromatic N) is 1. The van der Waals surface area contributed by atoms with Crippen molar-refractivity contribution in [2.75, 3.05) is 26.2 Å². The number of hydrogen-bond acceptors (Lipinski definition) is 7. The number of benzene rings is 2. The van der Waals surface area contributed by atoms with E-state index in [1.807, 2.05) is 5.01 Å². The van der Waals surface area contributed by atoms with E-state index in [1.165, 1.54) is 18.2 Å². The van der Waals surface area contributed by atoms with Gasteiger partial charge in [0.05, 0.1) is 5.02 Å². The number of furan rings is 1. The fourth-order valence-electron chi connectivity index (χ4n) is 3.43. The summed E-state index contributed by atoms with van der Waals surface area (Å²) in [4.78, 5) is 12.4. The highest BCUT2D eigenvalue weighted by Crippen LogP contribution is 2.23. The van der Waals surface area contributed by atoms with Crippen LogP contribution in [0.15, 0.2) is 46.9 Å². The molecule has 1 amide bonds. The zero-order valence-corrected chi connectivity index (χ0v) is 19.0. The normalized spacial score (nSPS) is 17.4. The Kier molecular flexibility index (Phi) is 7.69. The molecule has 0 bridgehead atoms. The number of fused-ring (bicyclic) bond motifs is 1. The molecule has 3 aromatic rings. The quantitative estimate of drug-likeness (QED) is 0.337. The van der Waals surface area contributed by atoms with Crippen LogP contribution in [0.2, 0.25) is 10.0 Å². The van der Waals surface area contributed by atoms with Crippen LogP contribution >= 0.6 is 23.2 Å². The molecule has 2 atom stereocenters. The molecule has 1 aromatic heterocycles. The van der Waals surface area contributed by atoms with Gasteiger partial charge in [0, 0.05) is 42.2 Å². The maximum atomic E-state index is 13.4. The highest BCUT2D eigenvalue weighted by molar-refractivity contribution is 6.31. The Balaban J connectivity index is 1.16. The molecule has 0 aliphatic carbocycles. The van der Waals surface area contributed by atoms with Gasteiger partial charge in [0.2, 0.25) is 0 Å². The number of aliphatic hydroxyl groups excluding tert-OH is 1. The maximum absolute atomic E-state index is 13.4. The molecular formula is C22H23Cl2FN4O4. The molecule has 2 heterocycles. The molecule has 2 unspecified atom stereocenters. The molecule has 1 saturated heterocycles. The van der Waals surface area contributed by atoms with Crippen LogP contribution in [-0.2, 0) is 0 Å². The summed E-state index contributed by atoms with van der Waals surface area (Å²) < 4.78 is 24.4. The van der Waals surface area contributed by atoms with Crippen molar-refractivity contribution in [3.05, 3.63) is 64.1 Å². The zero-order chi connectivity index (χ0) is 23.4. The molecule has 0 radical (unpaired) electrons. The molecule has 33 heavy (non-hydrogen) atoms. The third kappa shape index (κ3) is 6.35. The molecule has 0 saturated carbocycles. The van der Waals surface area contributed by atoms with Gasteiger partial charge in [-0.25, -0.2) is 14.8 Å². The van der Waals surface area contributed by atoms with Gasteiger partial charge >= 0.3 is 5.91 Å². The third-order valence-corrected chi connectivity index (χ3v) is 5.71. The summed E-state index contributed by atoms with van der Waals surface area (Å²) in [6.45, 7) is 1.61. The monoisotopic (exact) mass is 496 g/mol.